The Kier molecular flexibility index (Phi) is 3.48. The lowest BCUT2D eigenvalue weighted by molar-refractivity contribution is -0.137. The number of halogens is 4. The van der Waals surface area contributed by atoms with E-state index in [0.717, 1.165) is 12.1 Å². The second-order valence-corrected chi connectivity index (χ2v) is 4.12. The number of benzene rings is 1. The normalized spacial score (nSPS) is 11.4. The highest BCUT2D eigenvalue weighted by molar-refractivity contribution is 6.31. The summed E-state index contributed by atoms with van der Waals surface area (Å²) in [6, 6.07) is 3.12. The molecular weight excluding hydrogens is 281 g/mol. The summed E-state index contributed by atoms with van der Waals surface area (Å²) in [5.74, 6) is 0.387. The van der Waals surface area contributed by atoms with Crippen molar-refractivity contribution in [3.05, 3.63) is 41.2 Å². The van der Waals surface area contributed by atoms with E-state index in [4.69, 9.17) is 17.3 Å². The molecule has 2 aromatic rings. The maximum Gasteiger partial charge on any atom is 0.416 e. The standard InChI is InChI=1S/C11H8ClF3N4/c12-7-1-6(11(13,14)15)2-8(3-7)18-10-5-17-4-9(16)19-10/h1-5H,(H3,16,18,19). The first-order valence-corrected chi connectivity index (χ1v) is 5.45. The second kappa shape index (κ2) is 4.93. The van der Waals surface area contributed by atoms with Crippen LogP contribution in [0.2, 0.25) is 5.02 Å². The lowest BCUT2D eigenvalue weighted by atomic mass is 10.2. The maximum absolute atomic E-state index is 12.6. The average molecular weight is 289 g/mol. The smallest absolute Gasteiger partial charge is 0.382 e. The molecule has 8 heteroatoms. The first-order chi connectivity index (χ1) is 8.84. The summed E-state index contributed by atoms with van der Waals surface area (Å²) in [6.45, 7) is 0. The van der Waals surface area contributed by atoms with E-state index < -0.39 is 11.7 Å². The molecule has 4 nitrogen and oxygen atoms in total. The van der Waals surface area contributed by atoms with Gasteiger partial charge in [-0.3, -0.25) is 4.98 Å². The Morgan fingerprint density at radius 1 is 1.16 bits per heavy atom. The summed E-state index contributed by atoms with van der Waals surface area (Å²) in [4.78, 5) is 7.64. The van der Waals surface area contributed by atoms with Gasteiger partial charge in [-0.25, -0.2) is 4.98 Å². The van der Waals surface area contributed by atoms with E-state index in [1.165, 1.54) is 18.5 Å². The summed E-state index contributed by atoms with van der Waals surface area (Å²) < 4.78 is 37.8. The molecule has 0 spiro atoms. The van der Waals surface area contributed by atoms with Gasteiger partial charge in [-0.15, -0.1) is 0 Å². The van der Waals surface area contributed by atoms with E-state index in [0.29, 0.717) is 0 Å². The molecule has 0 fully saturated rings. The number of aromatic nitrogens is 2. The van der Waals surface area contributed by atoms with Crippen molar-refractivity contribution in [3.8, 4) is 0 Å². The molecule has 3 N–H and O–H groups in total. The largest absolute Gasteiger partial charge is 0.416 e. The van der Waals surface area contributed by atoms with E-state index in [1.807, 2.05) is 0 Å². The van der Waals surface area contributed by atoms with Gasteiger partial charge in [0.2, 0.25) is 0 Å². The van der Waals surface area contributed by atoms with Crippen LogP contribution in [0.5, 0.6) is 0 Å². The van der Waals surface area contributed by atoms with Gasteiger partial charge >= 0.3 is 6.18 Å². The Balaban J connectivity index is 2.33. The van der Waals surface area contributed by atoms with Gasteiger partial charge in [0.1, 0.15) is 5.82 Å². The predicted octanol–water partition coefficient (Wildman–Crippen LogP) is 3.47. The summed E-state index contributed by atoms with van der Waals surface area (Å²) in [6.07, 6.45) is -1.81. The Hall–Kier alpha value is -2.02. The van der Waals surface area contributed by atoms with E-state index >= 15 is 0 Å². The lowest BCUT2D eigenvalue weighted by Crippen LogP contribution is -2.06. The number of nitrogens with one attached hydrogen (secondary N) is 1. The van der Waals surface area contributed by atoms with Crippen LogP contribution in [0.15, 0.2) is 30.6 Å². The monoisotopic (exact) mass is 288 g/mol. The van der Waals surface area contributed by atoms with Crippen molar-refractivity contribution in [2.45, 2.75) is 6.18 Å². The van der Waals surface area contributed by atoms with Gasteiger partial charge in [0.15, 0.2) is 5.82 Å². The van der Waals surface area contributed by atoms with Crippen LogP contribution in [0, 0.1) is 0 Å². The molecule has 0 atom stereocenters. The molecule has 0 saturated heterocycles. The molecular formula is C11H8ClF3N4. The molecule has 0 aliphatic carbocycles. The average Bonchev–Trinajstić information content (AvgIpc) is 2.26. The van der Waals surface area contributed by atoms with Crippen LogP contribution < -0.4 is 11.1 Å². The zero-order chi connectivity index (χ0) is 14.0. The molecule has 0 aliphatic heterocycles. The fourth-order valence-electron chi connectivity index (χ4n) is 1.41. The van der Waals surface area contributed by atoms with E-state index in [-0.39, 0.29) is 22.3 Å². The van der Waals surface area contributed by atoms with Crippen molar-refractivity contribution >= 4 is 28.9 Å². The van der Waals surface area contributed by atoms with Gasteiger partial charge < -0.3 is 11.1 Å². The summed E-state index contributed by atoms with van der Waals surface area (Å²) in [5.41, 5.74) is 4.73. The fourth-order valence-corrected chi connectivity index (χ4v) is 1.65. The Morgan fingerprint density at radius 2 is 1.89 bits per heavy atom. The zero-order valence-corrected chi connectivity index (χ0v) is 10.1. The molecule has 0 amide bonds. The number of nitrogens with two attached hydrogens (primary N) is 1. The molecule has 1 heterocycles. The first kappa shape index (κ1) is 13.4. The number of nitrogens with zero attached hydrogens (tertiary/aromatic N) is 2. The molecule has 0 unspecified atom stereocenters. The molecule has 2 rings (SSSR count). The second-order valence-electron chi connectivity index (χ2n) is 3.68. The summed E-state index contributed by atoms with van der Waals surface area (Å²) >= 11 is 5.65. The van der Waals surface area contributed by atoms with Crippen molar-refractivity contribution in [3.63, 3.8) is 0 Å². The third-order valence-corrected chi connectivity index (χ3v) is 2.37. The zero-order valence-electron chi connectivity index (χ0n) is 9.37. The highest BCUT2D eigenvalue weighted by Gasteiger charge is 2.31. The molecule has 0 radical (unpaired) electrons. The summed E-state index contributed by atoms with van der Waals surface area (Å²) in [5, 5.41) is 2.63. The molecule has 0 bridgehead atoms. The van der Waals surface area contributed by atoms with Crippen LogP contribution in [0.3, 0.4) is 0 Å². The minimum absolute atomic E-state index is 0.0332. The minimum atomic E-state index is -4.47. The summed E-state index contributed by atoms with van der Waals surface area (Å²) in [7, 11) is 0. The Morgan fingerprint density at radius 3 is 2.53 bits per heavy atom. The fraction of sp³-hybridized carbons (Fsp3) is 0.0909. The van der Waals surface area contributed by atoms with Crippen molar-refractivity contribution in [2.24, 2.45) is 0 Å². The van der Waals surface area contributed by atoms with Crippen LogP contribution in [0.4, 0.5) is 30.5 Å². The van der Waals surface area contributed by atoms with E-state index in [1.54, 1.807) is 0 Å². The molecule has 0 saturated carbocycles. The predicted molar refractivity (Wildman–Crippen MR) is 66.2 cm³/mol. The number of hydrogen-bond donors (Lipinski definition) is 2. The van der Waals surface area contributed by atoms with Crippen LogP contribution >= 0.6 is 11.6 Å². The van der Waals surface area contributed by atoms with Gasteiger partial charge in [-0.2, -0.15) is 13.2 Å². The quantitative estimate of drug-likeness (QED) is 0.888. The lowest BCUT2D eigenvalue weighted by Gasteiger charge is -2.11. The highest BCUT2D eigenvalue weighted by Crippen LogP contribution is 2.33. The first-order valence-electron chi connectivity index (χ1n) is 5.07. The molecule has 100 valence electrons. The van der Waals surface area contributed by atoms with Gasteiger partial charge in [-0.05, 0) is 18.2 Å². The van der Waals surface area contributed by atoms with Crippen molar-refractivity contribution in [1.29, 1.82) is 0 Å². The number of alkyl halides is 3. The minimum Gasteiger partial charge on any atom is -0.382 e. The van der Waals surface area contributed by atoms with Gasteiger partial charge in [0, 0.05) is 10.7 Å². The number of anilines is 3. The number of hydrogen-bond acceptors (Lipinski definition) is 4. The topological polar surface area (TPSA) is 63.8 Å². The molecule has 0 aliphatic rings. The highest BCUT2D eigenvalue weighted by atomic mass is 35.5. The van der Waals surface area contributed by atoms with Crippen molar-refractivity contribution < 1.29 is 13.2 Å². The number of nitrogen functional groups attached to an aromatic ring is 1. The van der Waals surface area contributed by atoms with E-state index in [2.05, 4.69) is 15.3 Å². The van der Waals surface area contributed by atoms with Gasteiger partial charge in [0.05, 0.1) is 18.0 Å². The van der Waals surface area contributed by atoms with Crippen LogP contribution in [-0.2, 0) is 6.18 Å². The van der Waals surface area contributed by atoms with Crippen LogP contribution in [0.1, 0.15) is 5.56 Å². The molecule has 1 aromatic carbocycles. The Labute approximate surface area is 111 Å². The van der Waals surface area contributed by atoms with Gasteiger partial charge in [0.25, 0.3) is 0 Å². The van der Waals surface area contributed by atoms with Crippen molar-refractivity contribution in [1.82, 2.24) is 9.97 Å². The van der Waals surface area contributed by atoms with Gasteiger partial charge in [-0.1, -0.05) is 11.6 Å². The third kappa shape index (κ3) is 3.47. The number of rotatable bonds is 2. The molecule has 19 heavy (non-hydrogen) atoms. The molecule has 1 aromatic heterocycles. The maximum atomic E-state index is 12.6. The van der Waals surface area contributed by atoms with Crippen LogP contribution in [0.25, 0.3) is 0 Å². The SMILES string of the molecule is Nc1cncc(Nc2cc(Cl)cc(C(F)(F)F)c2)n1. The Bertz CT molecular complexity index is 601. The van der Waals surface area contributed by atoms with E-state index in [9.17, 15) is 13.2 Å². The third-order valence-electron chi connectivity index (χ3n) is 2.15. The van der Waals surface area contributed by atoms with Crippen molar-refractivity contribution in [2.75, 3.05) is 11.1 Å². The van der Waals surface area contributed by atoms with Crippen LogP contribution in [-0.4, -0.2) is 9.97 Å².